The van der Waals surface area contributed by atoms with E-state index in [1.165, 1.54) is 13.8 Å². The molecule has 2 aliphatic heterocycles. The number of nitrogens with one attached hydrogen (secondary N) is 10. The molecule has 1 aromatic carbocycles. The number of nitrogens with zero attached hydrogens (tertiary/aromatic N) is 1. The second kappa shape index (κ2) is 34.0. The summed E-state index contributed by atoms with van der Waals surface area (Å²) in [5.41, 5.74) is 24.1. The minimum absolute atomic E-state index is 0.0471. The third-order valence-corrected chi connectivity index (χ3v) is 14.8. The van der Waals surface area contributed by atoms with Gasteiger partial charge in [-0.15, -0.1) is 0 Å². The van der Waals surface area contributed by atoms with Crippen LogP contribution in [-0.2, 0) is 64.2 Å². The van der Waals surface area contributed by atoms with Gasteiger partial charge in [-0.05, 0) is 90.0 Å². The molecule has 3 rings (SSSR count). The van der Waals surface area contributed by atoms with E-state index < -0.39 is 148 Å². The highest BCUT2D eigenvalue weighted by atomic mass is 32.2. The number of sulfone groups is 1. The van der Waals surface area contributed by atoms with Crippen LogP contribution in [0.25, 0.3) is 0 Å². The van der Waals surface area contributed by atoms with Crippen LogP contribution in [-0.4, -0.2) is 213 Å². The Balaban J connectivity index is 2.06. The molecule has 450 valence electrons. The highest BCUT2D eigenvalue weighted by molar-refractivity contribution is 7.91. The Hall–Kier alpha value is -6.41. The molecule has 2 saturated heterocycles. The van der Waals surface area contributed by atoms with Gasteiger partial charge in [-0.3, -0.25) is 47.9 Å². The lowest BCUT2D eigenvalue weighted by Crippen LogP contribution is -2.61. The maximum absolute atomic E-state index is 14.4. The van der Waals surface area contributed by atoms with E-state index in [1.807, 2.05) is 0 Å². The van der Waals surface area contributed by atoms with Crippen LogP contribution in [0, 0.1) is 5.92 Å². The van der Waals surface area contributed by atoms with Gasteiger partial charge in [-0.2, -0.15) is 0 Å². The van der Waals surface area contributed by atoms with Gasteiger partial charge in [0.2, 0.25) is 59.1 Å². The Bertz CT molecular complexity index is 2350. The van der Waals surface area contributed by atoms with E-state index in [-0.39, 0.29) is 108 Å². The van der Waals surface area contributed by atoms with Crippen molar-refractivity contribution in [3.8, 4) is 0 Å². The van der Waals surface area contributed by atoms with Crippen LogP contribution in [0.2, 0.25) is 0 Å². The molecule has 20 N–H and O–H groups in total. The molecule has 2 fully saturated rings. The van der Waals surface area contributed by atoms with E-state index in [0.29, 0.717) is 5.56 Å². The van der Waals surface area contributed by atoms with Crippen LogP contribution in [0.1, 0.15) is 78.2 Å². The smallest absolute Gasteiger partial charge is 0.245 e. The van der Waals surface area contributed by atoms with Gasteiger partial charge in [0.25, 0.3) is 0 Å². The topological polar surface area (TPSA) is 473 Å². The zero-order valence-corrected chi connectivity index (χ0v) is 46.8. The number of aliphatic hydroxyl groups excluding tert-OH is 2. The standard InChI is InChI=1S/C50H85N15O14S/c1-28(2)26-37-47(74)58-32(10-16-51)42(69)57-35(13-19-54)46(73)64-40(29(3)66)49(76)55-20-14-36(45(72)56-33(11-17-52)44(71)62-38(48(75)61-37)27-31-8-6-5-7-9-31)59-43(70)34(12-18-53)60-50(77)41(30(4)67)63-39(68)15-21-65-22-24-80(78,79)25-23-65/h5-9,28-30,32-38,40-41,66-67H,10-27,51-54H2,1-4H3,(H,55,76)(H,56,72)(H,57,69)(H,58,74)(H,59,70)(H,60,77)(H,61,75)(H,62,71)(H,63,68)(H,64,73)/t29?,30?,32-,33-,34-,35-,36-,37-,38+,40-,41-/m0/s1. The van der Waals surface area contributed by atoms with Gasteiger partial charge in [0, 0.05) is 39.0 Å². The summed E-state index contributed by atoms with van der Waals surface area (Å²) in [6.45, 7) is 5.46. The second-order valence-corrected chi connectivity index (χ2v) is 22.7. The average Bonchev–Trinajstić information content (AvgIpc) is 3.39. The summed E-state index contributed by atoms with van der Waals surface area (Å²) >= 11 is 0. The molecular weight excluding hydrogens is 1070 g/mol. The number of aliphatic hydroxyl groups is 2. The zero-order chi connectivity index (χ0) is 59.7. The third kappa shape index (κ3) is 23.0. The molecule has 0 aliphatic carbocycles. The molecule has 10 amide bonds. The van der Waals surface area contributed by atoms with Gasteiger partial charge in [-0.25, -0.2) is 8.42 Å². The number of carbonyl (C=O) groups excluding carboxylic acids is 10. The zero-order valence-electron chi connectivity index (χ0n) is 46.0. The lowest BCUT2D eigenvalue weighted by molar-refractivity contribution is -0.136. The van der Waals surface area contributed by atoms with Crippen molar-refractivity contribution in [1.29, 1.82) is 0 Å². The maximum Gasteiger partial charge on any atom is 0.245 e. The van der Waals surface area contributed by atoms with Crippen LogP contribution >= 0.6 is 0 Å². The molecule has 11 atom stereocenters. The molecule has 2 aliphatic rings. The first-order chi connectivity index (χ1) is 37.8. The number of hydrogen-bond donors (Lipinski definition) is 16. The highest BCUT2D eigenvalue weighted by Gasteiger charge is 2.37. The second-order valence-electron chi connectivity index (χ2n) is 20.4. The molecule has 2 heterocycles. The van der Waals surface area contributed by atoms with Gasteiger partial charge >= 0.3 is 0 Å². The SMILES string of the molecule is CC(C)C[C@@H]1NC(=O)[C@@H](Cc2ccccc2)NC(=O)[C@H](CCN)NC(=O)[C@@H](NC(=O)[C@H](CCN)NC(=O)[C@@H](NC(=O)CCN2CCS(=O)(=O)CC2)C(C)O)CCNC(=O)[C@H](C(C)O)NC(=O)[C@H](CCN)NC(=O)[C@H](CCN)NC1=O. The fourth-order valence-corrected chi connectivity index (χ4v) is 9.94. The van der Waals surface area contributed by atoms with E-state index in [0.717, 1.165) is 0 Å². The Morgan fingerprint density at radius 3 is 1.66 bits per heavy atom. The summed E-state index contributed by atoms with van der Waals surface area (Å²) in [5, 5.41) is 46.7. The molecule has 0 radical (unpaired) electrons. The lowest BCUT2D eigenvalue weighted by atomic mass is 10.00. The first-order valence-corrected chi connectivity index (χ1v) is 28.8. The van der Waals surface area contributed by atoms with Crippen LogP contribution in [0.3, 0.4) is 0 Å². The molecule has 1 aromatic rings. The number of rotatable bonds is 22. The first-order valence-electron chi connectivity index (χ1n) is 27.0. The lowest BCUT2D eigenvalue weighted by Gasteiger charge is -2.29. The van der Waals surface area contributed by atoms with Crippen LogP contribution in [0.15, 0.2) is 30.3 Å². The van der Waals surface area contributed by atoms with Gasteiger partial charge in [0.1, 0.15) is 54.4 Å². The number of hydrogen-bond acceptors (Lipinski definition) is 19. The number of carbonyl (C=O) groups is 10. The molecule has 0 bridgehead atoms. The van der Waals surface area contributed by atoms with Crippen molar-refractivity contribution in [2.75, 3.05) is 63.9 Å². The third-order valence-electron chi connectivity index (χ3n) is 13.2. The maximum atomic E-state index is 14.4. The van der Waals surface area contributed by atoms with Crippen LogP contribution in [0.4, 0.5) is 0 Å². The molecule has 80 heavy (non-hydrogen) atoms. The predicted molar refractivity (Wildman–Crippen MR) is 292 cm³/mol. The molecule has 0 spiro atoms. The van der Waals surface area contributed by atoms with Gasteiger partial charge in [-0.1, -0.05) is 44.2 Å². The molecule has 2 unspecified atom stereocenters. The van der Waals surface area contributed by atoms with E-state index in [4.69, 9.17) is 22.9 Å². The Labute approximate surface area is 466 Å². The predicted octanol–water partition coefficient (Wildman–Crippen LogP) is -7.56. The average molecular weight is 1150 g/mol. The molecule has 29 nitrogen and oxygen atoms in total. The fourth-order valence-electron chi connectivity index (χ4n) is 8.66. The summed E-state index contributed by atoms with van der Waals surface area (Å²) in [5.74, 6) is -9.41. The monoisotopic (exact) mass is 1150 g/mol. The Morgan fingerprint density at radius 2 is 1.15 bits per heavy atom. The summed E-state index contributed by atoms with van der Waals surface area (Å²) < 4.78 is 23.7. The normalized spacial score (nSPS) is 24.9. The fraction of sp³-hybridized carbons (Fsp3) is 0.680. The van der Waals surface area contributed by atoms with E-state index in [9.17, 15) is 66.6 Å². The van der Waals surface area contributed by atoms with Gasteiger partial charge in [0.05, 0.1) is 23.7 Å². The molecular formula is C50H85N15O14S. The van der Waals surface area contributed by atoms with Crippen LogP contribution < -0.4 is 76.1 Å². The van der Waals surface area contributed by atoms with Crippen molar-refractivity contribution in [2.45, 2.75) is 146 Å². The van der Waals surface area contributed by atoms with E-state index in [1.54, 1.807) is 49.1 Å². The van der Waals surface area contributed by atoms with Crippen LogP contribution in [0.5, 0.6) is 0 Å². The van der Waals surface area contributed by atoms with Gasteiger partial charge < -0.3 is 91.2 Å². The molecule has 30 heteroatoms. The number of amides is 10. The summed E-state index contributed by atoms with van der Waals surface area (Å²) in [4.78, 5) is 141. The van der Waals surface area contributed by atoms with Crippen molar-refractivity contribution < 1.29 is 66.6 Å². The Kier molecular flexibility index (Phi) is 28.9. The Morgan fingerprint density at radius 1 is 0.650 bits per heavy atom. The minimum atomic E-state index is -3.18. The summed E-state index contributed by atoms with van der Waals surface area (Å²) in [6.07, 6.45) is -4.52. The molecule has 0 saturated carbocycles. The molecule has 0 aromatic heterocycles. The van der Waals surface area contributed by atoms with Gasteiger partial charge in [0.15, 0.2) is 9.84 Å². The summed E-state index contributed by atoms with van der Waals surface area (Å²) in [6, 6.07) is -4.87. The van der Waals surface area contributed by atoms with Crippen molar-refractivity contribution in [3.63, 3.8) is 0 Å². The van der Waals surface area contributed by atoms with Crippen molar-refractivity contribution in [1.82, 2.24) is 58.1 Å². The van der Waals surface area contributed by atoms with E-state index in [2.05, 4.69) is 53.2 Å². The van der Waals surface area contributed by atoms with E-state index >= 15 is 0 Å². The number of nitrogens with two attached hydrogens (primary N) is 4. The minimum Gasteiger partial charge on any atom is -0.391 e. The summed E-state index contributed by atoms with van der Waals surface area (Å²) in [7, 11) is -3.18. The first kappa shape index (κ1) is 67.9. The van der Waals surface area contributed by atoms with Crippen molar-refractivity contribution >= 4 is 68.9 Å². The largest absolute Gasteiger partial charge is 0.391 e. The van der Waals surface area contributed by atoms with Crippen molar-refractivity contribution in [2.24, 2.45) is 28.9 Å². The highest BCUT2D eigenvalue weighted by Crippen LogP contribution is 2.12. The quantitative estimate of drug-likeness (QED) is 0.0513. The number of benzene rings is 1. The van der Waals surface area contributed by atoms with Crippen molar-refractivity contribution in [3.05, 3.63) is 35.9 Å².